The maximum absolute atomic E-state index is 2.39. The van der Waals surface area contributed by atoms with E-state index >= 15 is 0 Å². The fraction of sp³-hybridized carbons (Fsp3) is 0.172. The fourth-order valence-electron chi connectivity index (χ4n) is 6.13. The highest BCUT2D eigenvalue weighted by atomic mass is 32.1. The van der Waals surface area contributed by atoms with Crippen molar-refractivity contribution in [3.05, 3.63) is 83.9 Å². The Kier molecular flexibility index (Phi) is 3.58. The van der Waals surface area contributed by atoms with Crippen LogP contribution in [0, 0.1) is 0 Å². The molecule has 150 valence electrons. The molecular formula is C29H22S2. The van der Waals surface area contributed by atoms with E-state index in [1.807, 2.05) is 22.7 Å². The molecule has 2 heterocycles. The lowest BCUT2D eigenvalue weighted by Gasteiger charge is -2.30. The Bertz CT molecular complexity index is 1660. The van der Waals surface area contributed by atoms with Gasteiger partial charge in [0.05, 0.1) is 0 Å². The third-order valence-electron chi connectivity index (χ3n) is 7.54. The average molecular weight is 435 g/mol. The van der Waals surface area contributed by atoms with Crippen molar-refractivity contribution >= 4 is 63.0 Å². The third-order valence-corrected chi connectivity index (χ3v) is 9.92. The maximum Gasteiger partial charge on any atom is 0.0452 e. The van der Waals surface area contributed by atoms with Gasteiger partial charge in [0.2, 0.25) is 0 Å². The maximum atomic E-state index is 2.39. The molecule has 0 nitrogen and oxygen atoms in total. The van der Waals surface area contributed by atoms with Crippen molar-refractivity contribution in [2.45, 2.75) is 32.1 Å². The topological polar surface area (TPSA) is 0 Å². The Labute approximate surface area is 189 Å². The first-order valence-electron chi connectivity index (χ1n) is 11.2. The van der Waals surface area contributed by atoms with E-state index in [0.29, 0.717) is 0 Å². The van der Waals surface area contributed by atoms with Crippen LogP contribution in [0.5, 0.6) is 0 Å². The van der Waals surface area contributed by atoms with E-state index in [0.717, 1.165) is 12.8 Å². The summed E-state index contributed by atoms with van der Waals surface area (Å²) in [5.41, 5.74) is 6.15. The molecule has 0 bridgehead atoms. The summed E-state index contributed by atoms with van der Waals surface area (Å²) in [6.07, 6.45) is 2.26. The highest BCUT2D eigenvalue weighted by molar-refractivity contribution is 7.30. The van der Waals surface area contributed by atoms with Gasteiger partial charge < -0.3 is 0 Å². The summed E-state index contributed by atoms with van der Waals surface area (Å²) >= 11 is 3.97. The van der Waals surface area contributed by atoms with Gasteiger partial charge in [0, 0.05) is 51.3 Å². The molecule has 0 aliphatic heterocycles. The molecule has 31 heavy (non-hydrogen) atoms. The molecule has 0 saturated heterocycles. The molecule has 1 aliphatic carbocycles. The molecule has 0 amide bonds. The van der Waals surface area contributed by atoms with Crippen LogP contribution >= 0.6 is 22.7 Å². The summed E-state index contributed by atoms with van der Waals surface area (Å²) < 4.78 is 5.75. The van der Waals surface area contributed by atoms with Crippen LogP contribution in [0.25, 0.3) is 51.5 Å². The smallest absolute Gasteiger partial charge is 0.0452 e. The van der Waals surface area contributed by atoms with Crippen LogP contribution in [0.2, 0.25) is 0 Å². The van der Waals surface area contributed by atoms with Gasteiger partial charge >= 0.3 is 0 Å². The van der Waals surface area contributed by atoms with E-state index in [-0.39, 0.29) is 5.41 Å². The summed E-state index contributed by atoms with van der Waals surface area (Å²) in [6, 6.07) is 27.2. The quantitative estimate of drug-likeness (QED) is 0.254. The van der Waals surface area contributed by atoms with E-state index in [1.54, 1.807) is 5.56 Å². The molecular weight excluding hydrogens is 412 g/mol. The van der Waals surface area contributed by atoms with Crippen LogP contribution in [0.15, 0.2) is 72.8 Å². The minimum atomic E-state index is 0.0817. The SMILES string of the molecule is CCC1(CC)c2ccccc2-c2c1c1c3ccccc3sc1c1c2sc2ccccc21. The van der Waals surface area contributed by atoms with Gasteiger partial charge in [-0.25, -0.2) is 0 Å². The van der Waals surface area contributed by atoms with Gasteiger partial charge in [0.1, 0.15) is 0 Å². The minimum Gasteiger partial charge on any atom is -0.134 e. The van der Waals surface area contributed by atoms with Gasteiger partial charge in [0.15, 0.2) is 0 Å². The van der Waals surface area contributed by atoms with E-state index in [2.05, 4.69) is 86.6 Å². The predicted molar refractivity (Wildman–Crippen MR) is 139 cm³/mol. The zero-order valence-electron chi connectivity index (χ0n) is 17.7. The highest BCUT2D eigenvalue weighted by Gasteiger charge is 2.43. The Morgan fingerprint density at radius 3 is 1.94 bits per heavy atom. The molecule has 0 radical (unpaired) electrons. The van der Waals surface area contributed by atoms with Gasteiger partial charge in [-0.1, -0.05) is 74.5 Å². The summed E-state index contributed by atoms with van der Waals surface area (Å²) in [5, 5.41) is 5.81. The number of fused-ring (bicyclic) bond motifs is 12. The summed E-state index contributed by atoms with van der Waals surface area (Å²) in [4.78, 5) is 0. The van der Waals surface area contributed by atoms with Crippen molar-refractivity contribution in [2.24, 2.45) is 0 Å². The highest BCUT2D eigenvalue weighted by Crippen LogP contribution is 2.61. The monoisotopic (exact) mass is 434 g/mol. The first-order valence-corrected chi connectivity index (χ1v) is 12.8. The second-order valence-corrected chi connectivity index (χ2v) is 10.8. The molecule has 0 N–H and O–H groups in total. The van der Waals surface area contributed by atoms with Crippen LogP contribution < -0.4 is 0 Å². The lowest BCUT2D eigenvalue weighted by atomic mass is 9.72. The van der Waals surface area contributed by atoms with Crippen molar-refractivity contribution in [2.75, 3.05) is 0 Å². The van der Waals surface area contributed by atoms with Gasteiger partial charge in [0.25, 0.3) is 0 Å². The molecule has 7 rings (SSSR count). The molecule has 0 fully saturated rings. The Morgan fingerprint density at radius 1 is 0.645 bits per heavy atom. The number of hydrogen-bond acceptors (Lipinski definition) is 2. The number of benzene rings is 4. The number of hydrogen-bond donors (Lipinski definition) is 0. The summed E-state index contributed by atoms with van der Waals surface area (Å²) in [6.45, 7) is 4.76. The Morgan fingerprint density at radius 2 is 1.23 bits per heavy atom. The standard InChI is InChI=1S/C29H22S2/c1-3-29(4-2)20-14-8-5-11-17(20)23-26(29)24-18-12-6-9-15-21(18)30-28(24)25-19-13-7-10-16-22(19)31-27(23)25/h5-16H,3-4H2,1-2H3. The number of thiophene rings is 2. The lowest BCUT2D eigenvalue weighted by molar-refractivity contribution is 0.494. The van der Waals surface area contributed by atoms with E-state index in [4.69, 9.17) is 0 Å². The molecule has 0 saturated carbocycles. The normalized spacial score (nSPS) is 14.6. The van der Waals surface area contributed by atoms with Crippen molar-refractivity contribution in [3.63, 3.8) is 0 Å². The van der Waals surface area contributed by atoms with Crippen LogP contribution in [0.3, 0.4) is 0 Å². The molecule has 0 atom stereocenters. The second-order valence-electron chi connectivity index (χ2n) is 8.69. The fourth-order valence-corrected chi connectivity index (χ4v) is 8.74. The van der Waals surface area contributed by atoms with Gasteiger partial charge in [-0.15, -0.1) is 22.7 Å². The van der Waals surface area contributed by atoms with Gasteiger partial charge in [-0.2, -0.15) is 0 Å². The van der Waals surface area contributed by atoms with Crippen molar-refractivity contribution in [3.8, 4) is 11.1 Å². The van der Waals surface area contributed by atoms with Crippen LogP contribution in [0.1, 0.15) is 37.8 Å². The Hall–Kier alpha value is -2.68. The zero-order chi connectivity index (χ0) is 20.7. The molecule has 4 aromatic carbocycles. The second kappa shape index (κ2) is 6.18. The molecule has 0 unspecified atom stereocenters. The van der Waals surface area contributed by atoms with Gasteiger partial charge in [-0.05, 0) is 41.7 Å². The first-order chi connectivity index (χ1) is 15.3. The average Bonchev–Trinajstić information content (AvgIpc) is 3.47. The van der Waals surface area contributed by atoms with E-state index in [1.165, 1.54) is 57.0 Å². The van der Waals surface area contributed by atoms with Crippen molar-refractivity contribution in [1.29, 1.82) is 0 Å². The minimum absolute atomic E-state index is 0.0817. The molecule has 2 aromatic heterocycles. The van der Waals surface area contributed by atoms with E-state index < -0.39 is 0 Å². The molecule has 1 aliphatic rings. The summed E-state index contributed by atoms with van der Waals surface area (Å²) in [7, 11) is 0. The van der Waals surface area contributed by atoms with Crippen molar-refractivity contribution < 1.29 is 0 Å². The molecule has 0 spiro atoms. The van der Waals surface area contributed by atoms with E-state index in [9.17, 15) is 0 Å². The van der Waals surface area contributed by atoms with Crippen LogP contribution in [-0.4, -0.2) is 0 Å². The van der Waals surface area contributed by atoms with Crippen molar-refractivity contribution in [1.82, 2.24) is 0 Å². The van der Waals surface area contributed by atoms with Gasteiger partial charge in [-0.3, -0.25) is 0 Å². The molecule has 2 heteroatoms. The van der Waals surface area contributed by atoms with Crippen LogP contribution in [0.4, 0.5) is 0 Å². The first kappa shape index (κ1) is 17.9. The molecule has 6 aromatic rings. The lowest BCUT2D eigenvalue weighted by Crippen LogP contribution is -2.23. The number of rotatable bonds is 2. The largest absolute Gasteiger partial charge is 0.134 e. The zero-order valence-corrected chi connectivity index (χ0v) is 19.3. The third kappa shape index (κ3) is 2.06. The summed E-state index contributed by atoms with van der Waals surface area (Å²) in [5.74, 6) is 0. The Balaban J connectivity index is 1.87. The predicted octanol–water partition coefficient (Wildman–Crippen LogP) is 9.51. The van der Waals surface area contributed by atoms with Crippen LogP contribution in [-0.2, 0) is 5.41 Å².